The number of amides is 1. The van der Waals surface area contributed by atoms with Crippen molar-refractivity contribution in [2.75, 3.05) is 20.2 Å². The highest BCUT2D eigenvalue weighted by molar-refractivity contribution is 7.89. The van der Waals surface area contributed by atoms with Crippen molar-refractivity contribution in [2.45, 2.75) is 24.3 Å². The van der Waals surface area contributed by atoms with Gasteiger partial charge in [0, 0.05) is 19.2 Å². The molecule has 0 bridgehead atoms. The smallest absolute Gasteiger partial charge is 0.251 e. The van der Waals surface area contributed by atoms with Gasteiger partial charge in [-0.2, -0.15) is 4.31 Å². The van der Waals surface area contributed by atoms with Crippen molar-refractivity contribution in [2.24, 2.45) is 5.92 Å². The maximum atomic E-state index is 12.6. The van der Waals surface area contributed by atoms with Gasteiger partial charge in [0.25, 0.3) is 5.91 Å². The number of carbonyl (C=O) groups excluding carboxylic acids is 1. The number of aliphatic hydroxyl groups is 1. The van der Waals surface area contributed by atoms with E-state index < -0.39 is 10.0 Å². The van der Waals surface area contributed by atoms with E-state index in [9.17, 15) is 18.3 Å². The van der Waals surface area contributed by atoms with Gasteiger partial charge in [0.2, 0.25) is 10.0 Å². The Bertz CT molecular complexity index is 612. The highest BCUT2D eigenvalue weighted by atomic mass is 32.2. The molecule has 1 aromatic rings. The first-order chi connectivity index (χ1) is 9.91. The molecule has 21 heavy (non-hydrogen) atoms. The van der Waals surface area contributed by atoms with Crippen LogP contribution in [0.4, 0.5) is 0 Å². The van der Waals surface area contributed by atoms with Gasteiger partial charge in [-0.3, -0.25) is 4.79 Å². The number of nitrogens with zero attached hydrogens (tertiary/aromatic N) is 1. The van der Waals surface area contributed by atoms with Crippen LogP contribution >= 0.6 is 0 Å². The lowest BCUT2D eigenvalue weighted by atomic mass is 10.0. The summed E-state index contributed by atoms with van der Waals surface area (Å²) in [4.78, 5) is 11.6. The van der Waals surface area contributed by atoms with Crippen LogP contribution in [0.3, 0.4) is 0 Å². The summed E-state index contributed by atoms with van der Waals surface area (Å²) in [5.41, 5.74) is 0.407. The second-order valence-corrected chi connectivity index (χ2v) is 7.13. The molecule has 0 radical (unpaired) electrons. The first kappa shape index (κ1) is 15.9. The van der Waals surface area contributed by atoms with E-state index in [2.05, 4.69) is 5.32 Å². The van der Waals surface area contributed by atoms with Crippen LogP contribution in [0.5, 0.6) is 0 Å². The van der Waals surface area contributed by atoms with Crippen molar-refractivity contribution >= 4 is 15.9 Å². The van der Waals surface area contributed by atoms with Crippen LogP contribution in [0.2, 0.25) is 0 Å². The molecular weight excluding hydrogens is 292 g/mol. The Hall–Kier alpha value is -1.44. The summed E-state index contributed by atoms with van der Waals surface area (Å²) >= 11 is 0. The Morgan fingerprint density at radius 3 is 2.52 bits per heavy atom. The normalized spacial score (nSPS) is 23.2. The van der Waals surface area contributed by atoms with Gasteiger partial charge in [0.05, 0.1) is 17.5 Å². The first-order valence-corrected chi connectivity index (χ1v) is 8.30. The van der Waals surface area contributed by atoms with Crippen LogP contribution in [-0.4, -0.2) is 50.0 Å². The molecule has 1 fully saturated rings. The van der Waals surface area contributed by atoms with Crippen LogP contribution in [0.1, 0.15) is 23.7 Å². The maximum Gasteiger partial charge on any atom is 0.251 e. The average molecular weight is 312 g/mol. The van der Waals surface area contributed by atoms with E-state index in [0.717, 1.165) is 6.42 Å². The Kier molecular flexibility index (Phi) is 4.65. The van der Waals surface area contributed by atoms with E-state index in [4.69, 9.17) is 0 Å². The van der Waals surface area contributed by atoms with Crippen molar-refractivity contribution in [3.8, 4) is 0 Å². The fraction of sp³-hybridized carbons (Fsp3) is 0.500. The Labute approximate surface area is 124 Å². The fourth-order valence-corrected chi connectivity index (χ4v) is 4.33. The van der Waals surface area contributed by atoms with E-state index in [1.165, 1.54) is 35.6 Å². The summed E-state index contributed by atoms with van der Waals surface area (Å²) in [6.07, 6.45) is 0.737. The first-order valence-electron chi connectivity index (χ1n) is 6.86. The highest BCUT2D eigenvalue weighted by Crippen LogP contribution is 2.29. The third-order valence-corrected chi connectivity index (χ3v) is 5.91. The Morgan fingerprint density at radius 1 is 1.38 bits per heavy atom. The third-order valence-electron chi connectivity index (χ3n) is 3.97. The highest BCUT2D eigenvalue weighted by Gasteiger charge is 2.39. The molecule has 1 aliphatic heterocycles. The second-order valence-electron chi connectivity index (χ2n) is 5.24. The zero-order valence-electron chi connectivity index (χ0n) is 12.1. The lowest BCUT2D eigenvalue weighted by molar-refractivity contribution is 0.0963. The number of hydrogen-bond donors (Lipinski definition) is 2. The van der Waals surface area contributed by atoms with Crippen molar-refractivity contribution in [3.63, 3.8) is 0 Å². The number of aliphatic hydroxyl groups excluding tert-OH is 1. The van der Waals surface area contributed by atoms with Gasteiger partial charge in [-0.05, 0) is 36.6 Å². The summed E-state index contributed by atoms with van der Waals surface area (Å²) in [5, 5.41) is 11.9. The van der Waals surface area contributed by atoms with Gasteiger partial charge >= 0.3 is 0 Å². The van der Waals surface area contributed by atoms with Gasteiger partial charge in [0.15, 0.2) is 0 Å². The van der Waals surface area contributed by atoms with Crippen LogP contribution < -0.4 is 5.32 Å². The van der Waals surface area contributed by atoms with Gasteiger partial charge in [-0.1, -0.05) is 6.92 Å². The second kappa shape index (κ2) is 6.13. The molecule has 0 saturated carbocycles. The molecular formula is C14H20N2O4S. The predicted molar refractivity (Wildman–Crippen MR) is 78.4 cm³/mol. The lowest BCUT2D eigenvalue weighted by Crippen LogP contribution is -2.39. The molecule has 1 aliphatic rings. The zero-order valence-corrected chi connectivity index (χ0v) is 12.9. The fourth-order valence-electron chi connectivity index (χ4n) is 2.60. The summed E-state index contributed by atoms with van der Waals surface area (Å²) in [7, 11) is -2.12. The molecule has 0 aliphatic carbocycles. The average Bonchev–Trinajstić information content (AvgIpc) is 2.88. The molecule has 1 amide bonds. The molecule has 0 spiro atoms. The minimum atomic E-state index is -3.64. The lowest BCUT2D eigenvalue weighted by Gasteiger charge is -2.24. The predicted octanol–water partition coefficient (Wildman–Crippen LogP) is 0.438. The zero-order chi connectivity index (χ0) is 15.6. The Morgan fingerprint density at radius 2 is 2.00 bits per heavy atom. The van der Waals surface area contributed by atoms with Crippen molar-refractivity contribution < 1.29 is 18.3 Å². The Balaban J connectivity index is 2.30. The van der Waals surface area contributed by atoms with Crippen LogP contribution in [0.15, 0.2) is 29.2 Å². The molecule has 1 heterocycles. The molecule has 116 valence electrons. The summed E-state index contributed by atoms with van der Waals surface area (Å²) in [5.74, 6) is -0.128. The molecule has 1 saturated heterocycles. The maximum absolute atomic E-state index is 12.6. The molecule has 7 heteroatoms. The molecule has 2 rings (SSSR count). The summed E-state index contributed by atoms with van der Waals surface area (Å²) < 4.78 is 26.6. The van der Waals surface area contributed by atoms with Gasteiger partial charge in [0.1, 0.15) is 0 Å². The molecule has 2 N–H and O–H groups in total. The quantitative estimate of drug-likeness (QED) is 0.844. The van der Waals surface area contributed by atoms with Crippen molar-refractivity contribution in [1.82, 2.24) is 9.62 Å². The molecule has 0 aromatic heterocycles. The third kappa shape index (κ3) is 2.95. The minimum Gasteiger partial charge on any atom is -0.395 e. The number of sulfonamides is 1. The van der Waals surface area contributed by atoms with Crippen molar-refractivity contribution in [1.29, 1.82) is 0 Å². The van der Waals surface area contributed by atoms with E-state index in [-0.39, 0.29) is 29.4 Å². The number of carbonyl (C=O) groups is 1. The standard InChI is InChI=1S/C14H20N2O4S/c1-10-7-8-16(13(10)9-17)21(19,20)12-5-3-11(4-6-12)14(18)15-2/h3-6,10,13,17H,7-9H2,1-2H3,(H,15,18). The minimum absolute atomic E-state index is 0.134. The van der Waals surface area contributed by atoms with E-state index in [1.807, 2.05) is 6.92 Å². The summed E-state index contributed by atoms with van der Waals surface area (Å²) in [6.45, 7) is 2.16. The molecule has 2 unspecified atom stereocenters. The van der Waals surface area contributed by atoms with E-state index >= 15 is 0 Å². The van der Waals surface area contributed by atoms with Gasteiger partial charge in [-0.25, -0.2) is 8.42 Å². The largest absolute Gasteiger partial charge is 0.395 e. The van der Waals surface area contributed by atoms with Crippen molar-refractivity contribution in [3.05, 3.63) is 29.8 Å². The SMILES string of the molecule is CNC(=O)c1ccc(S(=O)(=O)N2CCC(C)C2CO)cc1. The number of rotatable bonds is 4. The molecule has 2 atom stereocenters. The molecule has 1 aromatic carbocycles. The van der Waals surface area contributed by atoms with Gasteiger partial charge in [-0.15, -0.1) is 0 Å². The number of benzene rings is 1. The number of hydrogen-bond acceptors (Lipinski definition) is 4. The van der Waals surface area contributed by atoms with Crippen LogP contribution in [0.25, 0.3) is 0 Å². The van der Waals surface area contributed by atoms with Crippen LogP contribution in [0, 0.1) is 5.92 Å². The summed E-state index contributed by atoms with van der Waals surface area (Å²) in [6, 6.07) is 5.45. The van der Waals surface area contributed by atoms with Crippen LogP contribution in [-0.2, 0) is 10.0 Å². The van der Waals surface area contributed by atoms with E-state index in [1.54, 1.807) is 0 Å². The monoisotopic (exact) mass is 312 g/mol. The number of nitrogens with one attached hydrogen (secondary N) is 1. The van der Waals surface area contributed by atoms with Gasteiger partial charge < -0.3 is 10.4 Å². The molecule has 6 nitrogen and oxygen atoms in total. The van der Waals surface area contributed by atoms with E-state index in [0.29, 0.717) is 12.1 Å². The topological polar surface area (TPSA) is 86.7 Å².